The van der Waals surface area contributed by atoms with E-state index in [0.29, 0.717) is 16.7 Å². The maximum atomic E-state index is 11.8. The fourth-order valence-electron chi connectivity index (χ4n) is 1.77. The second kappa shape index (κ2) is 5.04. The summed E-state index contributed by atoms with van der Waals surface area (Å²) in [6.45, 7) is -0.458. The first-order valence-corrected chi connectivity index (χ1v) is 5.80. The van der Waals surface area contributed by atoms with Gasteiger partial charge in [-0.15, -0.1) is 10.2 Å². The number of H-pyrrole nitrogens is 1. The molecule has 0 aliphatic heterocycles. The Labute approximate surface area is 116 Å². The Morgan fingerprint density at radius 2 is 2.24 bits per heavy atom. The van der Waals surface area contributed by atoms with E-state index in [2.05, 4.69) is 20.6 Å². The summed E-state index contributed by atoms with van der Waals surface area (Å²) in [7, 11) is 0. The predicted molar refractivity (Wildman–Crippen MR) is 68.8 cm³/mol. The van der Waals surface area contributed by atoms with Gasteiger partial charge < -0.3 is 14.3 Å². The summed E-state index contributed by atoms with van der Waals surface area (Å²) >= 11 is 0. The van der Waals surface area contributed by atoms with Crippen molar-refractivity contribution >= 4 is 16.9 Å². The lowest BCUT2D eigenvalue weighted by atomic mass is 10.1. The molecule has 0 aliphatic rings. The van der Waals surface area contributed by atoms with Gasteiger partial charge in [-0.3, -0.25) is 0 Å². The molecule has 0 saturated carbocycles. The molecule has 3 aromatic rings. The highest BCUT2D eigenvalue weighted by Gasteiger charge is 2.12. The molecule has 0 fully saturated rings. The van der Waals surface area contributed by atoms with Gasteiger partial charge in [0.1, 0.15) is 16.9 Å². The third-order valence-electron chi connectivity index (χ3n) is 2.65. The van der Waals surface area contributed by atoms with Crippen LogP contribution in [0.2, 0.25) is 0 Å². The Morgan fingerprint density at radius 1 is 1.38 bits per heavy atom. The van der Waals surface area contributed by atoms with Crippen LogP contribution in [0.15, 0.2) is 33.5 Å². The number of aromatic nitrogens is 4. The topological polar surface area (TPSA) is 131 Å². The van der Waals surface area contributed by atoms with Crippen LogP contribution in [-0.2, 0) is 4.79 Å². The zero-order valence-corrected chi connectivity index (χ0v) is 10.4. The van der Waals surface area contributed by atoms with Crippen LogP contribution in [0.5, 0.6) is 5.75 Å². The summed E-state index contributed by atoms with van der Waals surface area (Å²) in [6.07, 6.45) is 0. The molecule has 0 amide bonds. The molecule has 0 spiro atoms. The van der Waals surface area contributed by atoms with Crippen molar-refractivity contribution in [2.45, 2.75) is 0 Å². The molecular weight excluding hydrogens is 280 g/mol. The van der Waals surface area contributed by atoms with Crippen molar-refractivity contribution in [1.82, 2.24) is 20.6 Å². The third-order valence-corrected chi connectivity index (χ3v) is 2.65. The molecule has 21 heavy (non-hydrogen) atoms. The van der Waals surface area contributed by atoms with Crippen molar-refractivity contribution in [2.75, 3.05) is 6.61 Å². The minimum atomic E-state index is -1.08. The number of hydrogen-bond acceptors (Lipinski definition) is 7. The fraction of sp³-hybridized carbons (Fsp3) is 0.0833. The van der Waals surface area contributed by atoms with E-state index >= 15 is 0 Å². The molecule has 1 aromatic carbocycles. The number of aromatic amines is 1. The monoisotopic (exact) mass is 288 g/mol. The summed E-state index contributed by atoms with van der Waals surface area (Å²) in [5, 5.41) is 22.2. The number of nitrogens with one attached hydrogen (secondary N) is 1. The number of ether oxygens (including phenoxy) is 1. The molecule has 0 aliphatic carbocycles. The molecule has 0 unspecified atom stereocenters. The number of nitrogens with zero attached hydrogens (tertiary/aromatic N) is 3. The third kappa shape index (κ3) is 2.56. The first kappa shape index (κ1) is 12.8. The quantitative estimate of drug-likeness (QED) is 0.661. The number of aliphatic carboxylic acids is 1. The van der Waals surface area contributed by atoms with Crippen molar-refractivity contribution in [3.63, 3.8) is 0 Å². The molecule has 0 atom stereocenters. The van der Waals surface area contributed by atoms with E-state index in [0.717, 1.165) is 0 Å². The van der Waals surface area contributed by atoms with Crippen molar-refractivity contribution in [3.8, 4) is 17.1 Å². The number of benzene rings is 1. The summed E-state index contributed by atoms with van der Waals surface area (Å²) in [5.74, 6) is -0.623. The number of fused-ring (bicyclic) bond motifs is 1. The maximum Gasteiger partial charge on any atom is 0.347 e. The lowest BCUT2D eigenvalue weighted by Crippen LogP contribution is -2.09. The first-order chi connectivity index (χ1) is 10.1. The van der Waals surface area contributed by atoms with Gasteiger partial charge in [-0.2, -0.15) is 5.21 Å². The van der Waals surface area contributed by atoms with E-state index < -0.39 is 18.2 Å². The number of carbonyl (C=O) groups is 1. The van der Waals surface area contributed by atoms with Crippen LogP contribution < -0.4 is 10.4 Å². The van der Waals surface area contributed by atoms with Gasteiger partial charge in [0.2, 0.25) is 5.82 Å². The van der Waals surface area contributed by atoms with Gasteiger partial charge >= 0.3 is 11.6 Å². The molecule has 0 bridgehead atoms. The van der Waals surface area contributed by atoms with Gasteiger partial charge in [0.25, 0.3) is 0 Å². The van der Waals surface area contributed by atoms with Crippen LogP contribution >= 0.6 is 0 Å². The number of hydrogen-bond donors (Lipinski definition) is 2. The van der Waals surface area contributed by atoms with Gasteiger partial charge in [0.05, 0.1) is 0 Å². The SMILES string of the molecule is O=C(O)COc1ccc2oc(=O)c(-c3nn[nH]n3)cc2c1. The Hall–Kier alpha value is -3.23. The van der Waals surface area contributed by atoms with Gasteiger partial charge in [0.15, 0.2) is 6.61 Å². The van der Waals surface area contributed by atoms with Crippen LogP contribution in [0.25, 0.3) is 22.4 Å². The van der Waals surface area contributed by atoms with E-state index in [4.69, 9.17) is 14.3 Å². The summed E-state index contributed by atoms with van der Waals surface area (Å²) in [6, 6.07) is 6.13. The minimum absolute atomic E-state index is 0.113. The second-order valence-corrected chi connectivity index (χ2v) is 4.06. The zero-order valence-electron chi connectivity index (χ0n) is 10.4. The second-order valence-electron chi connectivity index (χ2n) is 4.06. The Kier molecular flexibility index (Phi) is 3.07. The predicted octanol–water partition coefficient (Wildman–Crippen LogP) is 0.436. The number of carboxylic acid groups (broad SMARTS) is 1. The lowest BCUT2D eigenvalue weighted by Gasteiger charge is -2.04. The number of tetrazole rings is 1. The molecule has 106 valence electrons. The fourth-order valence-corrected chi connectivity index (χ4v) is 1.77. The summed E-state index contributed by atoms with van der Waals surface area (Å²) < 4.78 is 10.2. The highest BCUT2D eigenvalue weighted by atomic mass is 16.5. The summed E-state index contributed by atoms with van der Waals surface area (Å²) in [5.41, 5.74) is -0.107. The highest BCUT2D eigenvalue weighted by molar-refractivity contribution is 5.81. The van der Waals surface area contributed by atoms with E-state index in [1.165, 1.54) is 18.2 Å². The molecule has 3 rings (SSSR count). The molecular formula is C12H8N4O5. The van der Waals surface area contributed by atoms with Gasteiger partial charge in [-0.05, 0) is 29.5 Å². The largest absolute Gasteiger partial charge is 0.482 e. The maximum absolute atomic E-state index is 11.8. The number of rotatable bonds is 4. The molecule has 0 radical (unpaired) electrons. The van der Waals surface area contributed by atoms with E-state index in [1.54, 1.807) is 6.07 Å². The van der Waals surface area contributed by atoms with Crippen molar-refractivity contribution < 1.29 is 19.1 Å². The van der Waals surface area contributed by atoms with E-state index in [9.17, 15) is 9.59 Å². The van der Waals surface area contributed by atoms with Crippen LogP contribution in [0, 0.1) is 0 Å². The molecule has 2 N–H and O–H groups in total. The molecule has 0 saturated heterocycles. The Balaban J connectivity index is 2.05. The summed E-state index contributed by atoms with van der Waals surface area (Å²) in [4.78, 5) is 22.3. The molecule has 2 aromatic heterocycles. The average Bonchev–Trinajstić information content (AvgIpc) is 2.98. The first-order valence-electron chi connectivity index (χ1n) is 5.80. The normalized spacial score (nSPS) is 10.7. The van der Waals surface area contributed by atoms with Gasteiger partial charge in [-0.25, -0.2) is 9.59 Å². The molecule has 9 nitrogen and oxygen atoms in total. The van der Waals surface area contributed by atoms with Gasteiger partial charge in [-0.1, -0.05) is 0 Å². The van der Waals surface area contributed by atoms with Crippen molar-refractivity contribution in [1.29, 1.82) is 0 Å². The van der Waals surface area contributed by atoms with Crippen LogP contribution in [-0.4, -0.2) is 38.3 Å². The zero-order chi connectivity index (χ0) is 14.8. The van der Waals surface area contributed by atoms with Crippen molar-refractivity contribution in [3.05, 3.63) is 34.7 Å². The molecule has 9 heteroatoms. The highest BCUT2D eigenvalue weighted by Crippen LogP contribution is 2.22. The lowest BCUT2D eigenvalue weighted by molar-refractivity contribution is -0.139. The van der Waals surface area contributed by atoms with Gasteiger partial charge in [0, 0.05) is 5.39 Å². The van der Waals surface area contributed by atoms with E-state index in [-0.39, 0.29) is 11.4 Å². The smallest absolute Gasteiger partial charge is 0.347 e. The van der Waals surface area contributed by atoms with Crippen LogP contribution in [0.1, 0.15) is 0 Å². The minimum Gasteiger partial charge on any atom is -0.482 e. The molecule has 2 heterocycles. The van der Waals surface area contributed by atoms with Crippen LogP contribution in [0.4, 0.5) is 0 Å². The Morgan fingerprint density at radius 3 is 2.95 bits per heavy atom. The van der Waals surface area contributed by atoms with Crippen molar-refractivity contribution in [2.24, 2.45) is 0 Å². The Bertz CT molecular complexity index is 856. The van der Waals surface area contributed by atoms with E-state index in [1.807, 2.05) is 0 Å². The average molecular weight is 288 g/mol. The standard InChI is InChI=1S/C12H8N4O5/c17-10(18)5-20-7-1-2-9-6(3-7)4-8(12(19)21-9)11-13-15-16-14-11/h1-4H,5H2,(H,17,18)(H,13,14,15,16). The number of carboxylic acids is 1. The van der Waals surface area contributed by atoms with Crippen LogP contribution in [0.3, 0.4) is 0 Å².